The summed E-state index contributed by atoms with van der Waals surface area (Å²) in [6.07, 6.45) is 1.63. The van der Waals surface area contributed by atoms with Crippen LogP contribution < -0.4 is 5.73 Å². The van der Waals surface area contributed by atoms with Crippen LogP contribution in [0, 0.1) is 0 Å². The van der Waals surface area contributed by atoms with Crippen molar-refractivity contribution in [3.63, 3.8) is 0 Å². The summed E-state index contributed by atoms with van der Waals surface area (Å²) in [5.41, 5.74) is 7.35. The average Bonchev–Trinajstić information content (AvgIpc) is 3.22. The lowest BCUT2D eigenvalue weighted by atomic mass is 10.2. The van der Waals surface area contributed by atoms with E-state index >= 15 is 0 Å². The van der Waals surface area contributed by atoms with E-state index in [2.05, 4.69) is 15.0 Å². The van der Waals surface area contributed by atoms with E-state index in [0.717, 1.165) is 10.4 Å². The first-order valence-corrected chi connectivity index (χ1v) is 8.72. The zero-order valence-corrected chi connectivity index (χ0v) is 14.6. The molecule has 0 amide bonds. The van der Waals surface area contributed by atoms with Crippen molar-refractivity contribution in [2.75, 3.05) is 5.73 Å². The molecule has 2 aliphatic rings. The lowest BCUT2D eigenvalue weighted by molar-refractivity contribution is 0.763. The van der Waals surface area contributed by atoms with Gasteiger partial charge in [0.1, 0.15) is 0 Å². The maximum atomic E-state index is 6.27. The minimum atomic E-state index is 0.349. The zero-order chi connectivity index (χ0) is 16.7. The molecule has 5 nitrogen and oxygen atoms in total. The van der Waals surface area contributed by atoms with E-state index < -0.39 is 0 Å². The van der Waals surface area contributed by atoms with Crippen molar-refractivity contribution < 1.29 is 0 Å². The molecule has 0 spiro atoms. The van der Waals surface area contributed by atoms with Crippen LogP contribution in [0.15, 0.2) is 42.0 Å². The lowest BCUT2D eigenvalue weighted by Crippen LogP contribution is -2.09. The number of halogens is 2. The Bertz CT molecular complexity index is 960. The lowest BCUT2D eigenvalue weighted by Gasteiger charge is -2.13. The normalized spacial score (nSPS) is 11.2. The molecule has 2 aliphatic heterocycles. The second kappa shape index (κ2) is 6.05. The van der Waals surface area contributed by atoms with Gasteiger partial charge in [0.15, 0.2) is 23.2 Å². The molecule has 0 aliphatic carbocycles. The van der Waals surface area contributed by atoms with Gasteiger partial charge in [-0.05, 0) is 23.6 Å². The molecule has 0 radical (unpaired) electrons. The molecular formula is C16H11Cl2N5S. The standard InChI is InChI=1S/C16H11Cl2N5S/c17-10-3-1-4-11(18)9(10)7-23-8-20-14(19)13-16(23)22-15(21-13)12-5-2-6-24-12/h1-6,8H,7,19H2. The SMILES string of the molecule is Nc1ncn(Cc2c(Cl)cccc2Cl)c2nc(-c3cccs3)nc1-2. The minimum absolute atomic E-state index is 0.349. The zero-order valence-electron chi connectivity index (χ0n) is 12.3. The third-order valence-electron chi connectivity index (χ3n) is 3.62. The second-order valence-electron chi connectivity index (χ2n) is 5.15. The molecule has 1 aromatic heterocycles. The van der Waals surface area contributed by atoms with Crippen LogP contribution in [0.4, 0.5) is 5.82 Å². The van der Waals surface area contributed by atoms with Gasteiger partial charge in [-0.15, -0.1) is 11.3 Å². The van der Waals surface area contributed by atoms with Gasteiger partial charge < -0.3 is 10.3 Å². The first kappa shape index (κ1) is 15.4. The van der Waals surface area contributed by atoms with Gasteiger partial charge in [0.05, 0.1) is 17.7 Å². The number of imidazole rings is 1. The predicted molar refractivity (Wildman–Crippen MR) is 97.7 cm³/mol. The molecule has 0 saturated carbocycles. The number of rotatable bonds is 3. The van der Waals surface area contributed by atoms with Gasteiger partial charge in [0, 0.05) is 15.6 Å². The van der Waals surface area contributed by atoms with E-state index in [1.807, 2.05) is 28.1 Å². The average molecular weight is 376 g/mol. The highest BCUT2D eigenvalue weighted by atomic mass is 35.5. The van der Waals surface area contributed by atoms with E-state index in [0.29, 0.717) is 39.8 Å². The Morgan fingerprint density at radius 1 is 1.08 bits per heavy atom. The van der Waals surface area contributed by atoms with Gasteiger partial charge in [-0.1, -0.05) is 35.3 Å². The number of nitrogens with zero attached hydrogens (tertiary/aromatic N) is 4. The van der Waals surface area contributed by atoms with Crippen LogP contribution in [0.1, 0.15) is 5.56 Å². The van der Waals surface area contributed by atoms with Gasteiger partial charge in [-0.2, -0.15) is 0 Å². The highest BCUT2D eigenvalue weighted by molar-refractivity contribution is 7.13. The Morgan fingerprint density at radius 3 is 2.58 bits per heavy atom. The summed E-state index contributed by atoms with van der Waals surface area (Å²) in [7, 11) is 0. The molecule has 8 heteroatoms. The third kappa shape index (κ3) is 2.62. The van der Waals surface area contributed by atoms with E-state index in [4.69, 9.17) is 28.9 Å². The largest absolute Gasteiger partial charge is 0.382 e. The van der Waals surface area contributed by atoms with Gasteiger partial charge in [-0.3, -0.25) is 0 Å². The Morgan fingerprint density at radius 2 is 1.88 bits per heavy atom. The molecular weight excluding hydrogens is 365 g/mol. The van der Waals surface area contributed by atoms with Crippen LogP contribution in [0.25, 0.3) is 22.2 Å². The molecule has 2 N–H and O–H groups in total. The Kier molecular flexibility index (Phi) is 3.88. The van der Waals surface area contributed by atoms with E-state index in [1.165, 1.54) is 0 Å². The molecule has 4 rings (SSSR count). The number of anilines is 1. The molecule has 0 saturated heterocycles. The molecule has 24 heavy (non-hydrogen) atoms. The highest BCUT2D eigenvalue weighted by Crippen LogP contribution is 2.32. The molecule has 0 atom stereocenters. The summed E-state index contributed by atoms with van der Waals surface area (Å²) in [6.45, 7) is 0.435. The van der Waals surface area contributed by atoms with Crippen molar-refractivity contribution in [2.24, 2.45) is 0 Å². The molecule has 0 unspecified atom stereocenters. The Labute approximate surface area is 152 Å². The summed E-state index contributed by atoms with van der Waals surface area (Å²) >= 11 is 14.1. The molecule has 2 aromatic rings. The summed E-state index contributed by atoms with van der Waals surface area (Å²) in [5.74, 6) is 1.64. The topological polar surface area (TPSA) is 69.6 Å². The quantitative estimate of drug-likeness (QED) is 0.574. The Hall–Kier alpha value is -2.15. The van der Waals surface area contributed by atoms with E-state index in [1.54, 1.807) is 29.8 Å². The van der Waals surface area contributed by atoms with Crippen LogP contribution in [-0.2, 0) is 6.54 Å². The van der Waals surface area contributed by atoms with Crippen molar-refractivity contribution in [2.45, 2.75) is 6.54 Å². The van der Waals surface area contributed by atoms with Gasteiger partial charge in [0.25, 0.3) is 0 Å². The molecule has 120 valence electrons. The summed E-state index contributed by atoms with van der Waals surface area (Å²) in [5, 5.41) is 3.17. The summed E-state index contributed by atoms with van der Waals surface area (Å²) in [6, 6.07) is 9.35. The minimum Gasteiger partial charge on any atom is -0.382 e. The highest BCUT2D eigenvalue weighted by Gasteiger charge is 2.21. The van der Waals surface area contributed by atoms with Crippen molar-refractivity contribution in [3.05, 3.63) is 57.6 Å². The van der Waals surface area contributed by atoms with Crippen molar-refractivity contribution in [3.8, 4) is 22.2 Å². The fraction of sp³-hybridized carbons (Fsp3) is 0.0625. The molecule has 3 heterocycles. The maximum Gasteiger partial charge on any atom is 0.172 e. The number of benzene rings is 1. The van der Waals surface area contributed by atoms with Crippen molar-refractivity contribution in [1.29, 1.82) is 0 Å². The third-order valence-corrected chi connectivity index (χ3v) is 5.20. The first-order chi connectivity index (χ1) is 11.6. The van der Waals surface area contributed by atoms with Gasteiger partial charge in [-0.25, -0.2) is 15.0 Å². The number of aromatic nitrogens is 4. The summed E-state index contributed by atoms with van der Waals surface area (Å²) < 4.78 is 1.85. The number of thiophene rings is 1. The summed E-state index contributed by atoms with van der Waals surface area (Å²) in [4.78, 5) is 14.3. The van der Waals surface area contributed by atoms with Crippen LogP contribution in [0.5, 0.6) is 0 Å². The number of hydrogen-bond acceptors (Lipinski definition) is 5. The Balaban J connectivity index is 1.83. The van der Waals surface area contributed by atoms with Crippen LogP contribution >= 0.6 is 34.5 Å². The molecule has 1 aromatic carbocycles. The number of hydrogen-bond donors (Lipinski definition) is 1. The fourth-order valence-electron chi connectivity index (χ4n) is 2.44. The smallest absolute Gasteiger partial charge is 0.172 e. The monoisotopic (exact) mass is 375 g/mol. The number of nitrogens with two attached hydrogens (primary N) is 1. The van der Waals surface area contributed by atoms with Gasteiger partial charge >= 0.3 is 0 Å². The van der Waals surface area contributed by atoms with E-state index in [9.17, 15) is 0 Å². The van der Waals surface area contributed by atoms with Gasteiger partial charge in [0.2, 0.25) is 0 Å². The predicted octanol–water partition coefficient (Wildman–Crippen LogP) is 4.44. The number of nitrogen functional groups attached to an aromatic ring is 1. The van der Waals surface area contributed by atoms with Crippen LogP contribution in [-0.4, -0.2) is 19.5 Å². The van der Waals surface area contributed by atoms with Crippen LogP contribution in [0.3, 0.4) is 0 Å². The van der Waals surface area contributed by atoms with E-state index in [-0.39, 0.29) is 0 Å². The second-order valence-corrected chi connectivity index (χ2v) is 6.92. The molecule has 0 bridgehead atoms. The van der Waals surface area contributed by atoms with Crippen molar-refractivity contribution in [1.82, 2.24) is 19.5 Å². The fourth-order valence-corrected chi connectivity index (χ4v) is 3.61. The van der Waals surface area contributed by atoms with Crippen molar-refractivity contribution >= 4 is 40.4 Å². The molecule has 0 fully saturated rings. The first-order valence-electron chi connectivity index (χ1n) is 7.08. The maximum absolute atomic E-state index is 6.27. The number of fused-ring (bicyclic) bond motifs is 1. The van der Waals surface area contributed by atoms with Crippen LogP contribution in [0.2, 0.25) is 10.0 Å².